The summed E-state index contributed by atoms with van der Waals surface area (Å²) in [6, 6.07) is 18.9. The minimum atomic E-state index is -1.03. The molecule has 0 spiro atoms. The lowest BCUT2D eigenvalue weighted by atomic mass is 9.92. The molecule has 2 aliphatic heterocycles. The molecule has 0 bridgehead atoms. The molecule has 1 aromatic heterocycles. The van der Waals surface area contributed by atoms with Crippen molar-refractivity contribution in [3.05, 3.63) is 71.1 Å². The molecule has 246 valence electrons. The molecule has 46 heavy (non-hydrogen) atoms. The monoisotopic (exact) mass is 644 g/mol. The van der Waals surface area contributed by atoms with Gasteiger partial charge in [0.2, 0.25) is 11.8 Å². The summed E-state index contributed by atoms with van der Waals surface area (Å²) in [5, 5.41) is 10.4. The van der Waals surface area contributed by atoms with Crippen molar-refractivity contribution in [1.82, 2.24) is 20.9 Å². The van der Waals surface area contributed by atoms with E-state index in [-0.39, 0.29) is 17.7 Å². The fourth-order valence-corrected chi connectivity index (χ4v) is 8.35. The maximum Gasteiger partial charge on any atom is 0.262 e. The lowest BCUT2D eigenvalue weighted by Crippen LogP contribution is -2.61. The van der Waals surface area contributed by atoms with E-state index >= 15 is 0 Å². The molecule has 3 aromatic rings. The van der Waals surface area contributed by atoms with Gasteiger partial charge in [0.25, 0.3) is 5.91 Å². The van der Waals surface area contributed by atoms with Crippen molar-refractivity contribution in [3.63, 3.8) is 0 Å². The highest BCUT2D eigenvalue weighted by atomic mass is 32.1. The third-order valence-electron chi connectivity index (χ3n) is 10.2. The largest absolute Gasteiger partial charge is 0.381 e. The summed E-state index contributed by atoms with van der Waals surface area (Å²) in [5.74, 6) is 0.680. The molecule has 1 atom stereocenters. The molecule has 6 rings (SSSR count). The number of thiophene rings is 1. The van der Waals surface area contributed by atoms with Crippen LogP contribution >= 0.6 is 11.3 Å². The highest BCUT2D eigenvalue weighted by Gasteiger charge is 2.44. The Bertz CT molecular complexity index is 1420. The molecule has 3 amide bonds. The molecule has 8 nitrogen and oxygen atoms in total. The Balaban J connectivity index is 1.05. The zero-order valence-corrected chi connectivity index (χ0v) is 27.6. The first kappa shape index (κ1) is 32.7. The fraction of sp³-hybridized carbons (Fsp3) is 0.541. The lowest BCUT2D eigenvalue weighted by molar-refractivity contribution is -0.132. The van der Waals surface area contributed by atoms with Crippen LogP contribution in [0.15, 0.2) is 60.7 Å². The van der Waals surface area contributed by atoms with Gasteiger partial charge in [-0.3, -0.25) is 14.4 Å². The van der Waals surface area contributed by atoms with Gasteiger partial charge in [-0.25, -0.2) is 0 Å². The van der Waals surface area contributed by atoms with E-state index in [1.54, 1.807) is 0 Å². The number of carbonyl (C=O) groups is 3. The van der Waals surface area contributed by atoms with Gasteiger partial charge in [-0.1, -0.05) is 61.4 Å². The van der Waals surface area contributed by atoms with Gasteiger partial charge in [-0.05, 0) is 93.0 Å². The zero-order chi connectivity index (χ0) is 31.8. The van der Waals surface area contributed by atoms with Crippen LogP contribution in [0.25, 0.3) is 10.1 Å². The van der Waals surface area contributed by atoms with Gasteiger partial charge in [-0.2, -0.15) is 0 Å². The highest BCUT2D eigenvalue weighted by Crippen LogP contribution is 2.32. The van der Waals surface area contributed by atoms with E-state index in [2.05, 4.69) is 20.9 Å². The lowest BCUT2D eigenvalue weighted by Gasteiger charge is -2.35. The van der Waals surface area contributed by atoms with E-state index < -0.39 is 11.6 Å². The first-order valence-corrected chi connectivity index (χ1v) is 18.0. The number of piperidine rings is 1. The van der Waals surface area contributed by atoms with Gasteiger partial charge >= 0.3 is 0 Å². The van der Waals surface area contributed by atoms with Crippen LogP contribution in [0.1, 0.15) is 73.0 Å². The molecule has 1 aliphatic carbocycles. The molecular weight excluding hydrogens is 596 g/mol. The number of likely N-dealkylation sites (tertiary alicyclic amines) is 1. The van der Waals surface area contributed by atoms with Gasteiger partial charge in [0.1, 0.15) is 11.6 Å². The summed E-state index contributed by atoms with van der Waals surface area (Å²) < 4.78 is 6.56. The Morgan fingerprint density at radius 3 is 2.37 bits per heavy atom. The fourth-order valence-electron chi connectivity index (χ4n) is 7.39. The van der Waals surface area contributed by atoms with Crippen molar-refractivity contribution < 1.29 is 19.1 Å². The summed E-state index contributed by atoms with van der Waals surface area (Å²) in [4.78, 5) is 44.3. The number of carbonyl (C=O) groups excluding carboxylic acids is 3. The number of nitrogens with one attached hydrogen (secondary N) is 3. The third-order valence-corrected chi connectivity index (χ3v) is 11.3. The first-order valence-electron chi connectivity index (χ1n) is 17.2. The Morgan fingerprint density at radius 2 is 1.63 bits per heavy atom. The molecule has 3 heterocycles. The van der Waals surface area contributed by atoms with Crippen molar-refractivity contribution in [2.24, 2.45) is 11.8 Å². The Hall–Kier alpha value is -3.27. The molecular formula is C37H48N4O4S. The summed E-state index contributed by atoms with van der Waals surface area (Å²) in [6.07, 6.45) is 8.81. The van der Waals surface area contributed by atoms with E-state index in [1.165, 1.54) is 30.7 Å². The SMILES string of the molecule is O=C(NC1(C(=O)N[C@H](Cc2ccccc2)C(=O)NCCC2CCN(CC3CCOCC3)CC2)CCCC1)c1cc2ccccc2s1. The Morgan fingerprint density at radius 1 is 0.913 bits per heavy atom. The molecule has 1 saturated carbocycles. The van der Waals surface area contributed by atoms with Crippen LogP contribution in [0.4, 0.5) is 0 Å². The Labute approximate surface area is 276 Å². The van der Waals surface area contributed by atoms with Crippen molar-refractivity contribution >= 4 is 39.1 Å². The molecule has 0 unspecified atom stereocenters. The molecule has 3 fully saturated rings. The van der Waals surface area contributed by atoms with Crippen LogP contribution in [0, 0.1) is 11.8 Å². The number of hydrogen-bond donors (Lipinski definition) is 3. The number of amides is 3. The molecule has 0 radical (unpaired) electrons. The predicted octanol–water partition coefficient (Wildman–Crippen LogP) is 5.32. The van der Waals surface area contributed by atoms with Gasteiger partial charge in [0, 0.05) is 37.4 Å². The number of benzene rings is 2. The van der Waals surface area contributed by atoms with Crippen LogP contribution in [-0.2, 0) is 20.7 Å². The van der Waals surface area contributed by atoms with E-state index in [0.29, 0.717) is 36.6 Å². The van der Waals surface area contributed by atoms with Gasteiger partial charge < -0.3 is 25.6 Å². The van der Waals surface area contributed by atoms with Crippen LogP contribution in [0.5, 0.6) is 0 Å². The number of nitrogens with zero attached hydrogens (tertiary/aromatic N) is 1. The second-order valence-electron chi connectivity index (χ2n) is 13.5. The standard InChI is InChI=1S/C37H48N4O4S/c42-34(38-19-12-27-13-20-41(21-14-27)26-29-15-22-45-23-16-29)31(24-28-8-2-1-3-9-28)39-36(44)37(17-6-7-18-37)40-35(43)33-25-30-10-4-5-11-32(30)46-33/h1-5,8-11,25,27,29,31H,6-7,12-24,26H2,(H,38,42)(H,39,44)(H,40,43)/t31-/m1/s1. The zero-order valence-electron chi connectivity index (χ0n) is 26.8. The summed E-state index contributed by atoms with van der Waals surface area (Å²) in [7, 11) is 0. The van der Waals surface area contributed by atoms with E-state index in [0.717, 1.165) is 80.0 Å². The van der Waals surface area contributed by atoms with E-state index in [1.807, 2.05) is 60.7 Å². The third kappa shape index (κ3) is 8.35. The second-order valence-corrected chi connectivity index (χ2v) is 14.6. The number of ether oxygens (including phenoxy) is 1. The van der Waals surface area contributed by atoms with Crippen molar-refractivity contribution in [1.29, 1.82) is 0 Å². The molecule has 3 N–H and O–H groups in total. The van der Waals surface area contributed by atoms with Crippen LogP contribution in [-0.4, -0.2) is 73.6 Å². The summed E-state index contributed by atoms with van der Waals surface area (Å²) >= 11 is 1.43. The summed E-state index contributed by atoms with van der Waals surface area (Å²) in [5.41, 5.74) is -0.0455. The normalized spacial score (nSPS) is 19.9. The van der Waals surface area contributed by atoms with Crippen molar-refractivity contribution in [3.8, 4) is 0 Å². The molecule has 9 heteroatoms. The summed E-state index contributed by atoms with van der Waals surface area (Å²) in [6.45, 7) is 5.82. The number of fused-ring (bicyclic) bond motifs is 1. The van der Waals surface area contributed by atoms with Crippen LogP contribution in [0.2, 0.25) is 0 Å². The smallest absolute Gasteiger partial charge is 0.262 e. The van der Waals surface area contributed by atoms with Gasteiger partial charge in [0.15, 0.2) is 0 Å². The first-order chi connectivity index (χ1) is 22.5. The van der Waals surface area contributed by atoms with Crippen molar-refractivity contribution in [2.45, 2.75) is 75.8 Å². The second kappa shape index (κ2) is 15.5. The topological polar surface area (TPSA) is 99.8 Å². The number of hydrogen-bond acceptors (Lipinski definition) is 6. The molecule has 2 aromatic carbocycles. The molecule has 3 aliphatic rings. The maximum absolute atomic E-state index is 14.0. The van der Waals surface area contributed by atoms with Crippen LogP contribution in [0.3, 0.4) is 0 Å². The van der Waals surface area contributed by atoms with Gasteiger partial charge in [-0.15, -0.1) is 11.3 Å². The maximum atomic E-state index is 14.0. The number of rotatable bonds is 12. The van der Waals surface area contributed by atoms with Crippen LogP contribution < -0.4 is 16.0 Å². The van der Waals surface area contributed by atoms with Gasteiger partial charge in [0.05, 0.1) is 4.88 Å². The molecule has 2 saturated heterocycles. The Kier molecular flexibility index (Phi) is 11.0. The highest BCUT2D eigenvalue weighted by molar-refractivity contribution is 7.20. The minimum Gasteiger partial charge on any atom is -0.381 e. The van der Waals surface area contributed by atoms with E-state index in [9.17, 15) is 14.4 Å². The average Bonchev–Trinajstić information content (AvgIpc) is 3.74. The minimum absolute atomic E-state index is 0.168. The van der Waals surface area contributed by atoms with Crippen molar-refractivity contribution in [2.75, 3.05) is 39.4 Å². The van der Waals surface area contributed by atoms with E-state index in [4.69, 9.17) is 4.74 Å². The average molecular weight is 645 g/mol. The predicted molar refractivity (Wildman–Crippen MR) is 183 cm³/mol. The quantitative estimate of drug-likeness (QED) is 0.248.